The molecule has 2 aliphatic rings. The van der Waals surface area contributed by atoms with E-state index in [2.05, 4.69) is 10.2 Å². The maximum atomic E-state index is 13.5. The second-order valence-corrected chi connectivity index (χ2v) is 7.08. The van der Waals surface area contributed by atoms with Crippen LogP contribution in [0.1, 0.15) is 24.8 Å². The van der Waals surface area contributed by atoms with Gasteiger partial charge in [0, 0.05) is 18.8 Å². The number of carbonyl (C=O) groups is 3. The first kappa shape index (κ1) is 18.9. The van der Waals surface area contributed by atoms with E-state index in [1.165, 1.54) is 43.5 Å². The summed E-state index contributed by atoms with van der Waals surface area (Å²) in [7, 11) is 0. The lowest BCUT2D eigenvalue weighted by molar-refractivity contribution is -0.122. The fourth-order valence-electron chi connectivity index (χ4n) is 3.61. The molecule has 0 spiro atoms. The fraction of sp³-hybridized carbons (Fsp3) is 0.227. The van der Waals surface area contributed by atoms with Crippen molar-refractivity contribution in [1.82, 2.24) is 5.32 Å². The highest BCUT2D eigenvalue weighted by molar-refractivity contribution is 6.39. The van der Waals surface area contributed by atoms with Gasteiger partial charge in [0.1, 0.15) is 11.4 Å². The number of hydrogen-bond donors (Lipinski definition) is 1. The molecule has 2 aliphatic heterocycles. The molecule has 2 aromatic rings. The topological polar surface area (TPSA) is 69.7 Å². The molecule has 148 valence electrons. The Morgan fingerprint density at radius 1 is 0.897 bits per heavy atom. The third-order valence-electron chi connectivity index (χ3n) is 5.09. The molecule has 6 nitrogen and oxygen atoms in total. The maximum Gasteiger partial charge on any atom is 0.335 e. The van der Waals surface area contributed by atoms with Gasteiger partial charge >= 0.3 is 6.03 Å². The molecular formula is C22H20FN3O3. The summed E-state index contributed by atoms with van der Waals surface area (Å²) in [6.45, 7) is 2.04. The van der Waals surface area contributed by atoms with Crippen molar-refractivity contribution in [2.75, 3.05) is 22.9 Å². The predicted molar refractivity (Wildman–Crippen MR) is 108 cm³/mol. The fourth-order valence-corrected chi connectivity index (χ4v) is 3.61. The Hall–Kier alpha value is -3.48. The van der Waals surface area contributed by atoms with Crippen molar-refractivity contribution in [1.29, 1.82) is 0 Å². The Balaban J connectivity index is 1.60. The summed E-state index contributed by atoms with van der Waals surface area (Å²) in [6.07, 6.45) is 5.03. The van der Waals surface area contributed by atoms with Gasteiger partial charge in [-0.25, -0.2) is 14.1 Å². The second-order valence-electron chi connectivity index (χ2n) is 7.08. The van der Waals surface area contributed by atoms with E-state index in [0.29, 0.717) is 5.56 Å². The van der Waals surface area contributed by atoms with Crippen molar-refractivity contribution in [2.45, 2.75) is 19.3 Å². The van der Waals surface area contributed by atoms with Crippen molar-refractivity contribution >= 4 is 35.3 Å². The molecule has 4 amide bonds. The van der Waals surface area contributed by atoms with Crippen LogP contribution >= 0.6 is 0 Å². The SMILES string of the molecule is O=C1NC(=O)N(c2cccc(F)c2)C(=O)/C1=C/c1ccc(N2CCCCC2)cc1. The van der Waals surface area contributed by atoms with Crippen molar-refractivity contribution in [3.63, 3.8) is 0 Å². The Morgan fingerprint density at radius 2 is 1.62 bits per heavy atom. The molecule has 0 aliphatic carbocycles. The van der Waals surface area contributed by atoms with Crippen LogP contribution in [0.4, 0.5) is 20.6 Å². The van der Waals surface area contributed by atoms with Gasteiger partial charge in [0.2, 0.25) is 0 Å². The summed E-state index contributed by atoms with van der Waals surface area (Å²) in [6, 6.07) is 11.8. The maximum absolute atomic E-state index is 13.5. The molecule has 4 rings (SSSR count). The lowest BCUT2D eigenvalue weighted by atomic mass is 10.1. The standard InChI is InChI=1S/C22H20FN3O3/c23-16-5-4-6-18(14-16)26-21(28)19(20(27)24-22(26)29)13-15-7-9-17(10-8-15)25-11-2-1-3-12-25/h4-10,13-14H,1-3,11-12H2,(H,24,27,29)/b19-13+. The van der Waals surface area contributed by atoms with E-state index in [4.69, 9.17) is 0 Å². The van der Waals surface area contributed by atoms with Crippen molar-refractivity contribution in [2.24, 2.45) is 0 Å². The van der Waals surface area contributed by atoms with Crippen LogP contribution in [-0.2, 0) is 9.59 Å². The smallest absolute Gasteiger partial charge is 0.335 e. The van der Waals surface area contributed by atoms with Gasteiger partial charge in [0.05, 0.1) is 5.69 Å². The van der Waals surface area contributed by atoms with Crippen molar-refractivity contribution in [3.8, 4) is 0 Å². The van der Waals surface area contributed by atoms with E-state index in [0.717, 1.165) is 29.7 Å². The van der Waals surface area contributed by atoms with Gasteiger partial charge in [-0.3, -0.25) is 14.9 Å². The van der Waals surface area contributed by atoms with Crippen molar-refractivity contribution in [3.05, 3.63) is 65.5 Å². The zero-order valence-corrected chi connectivity index (χ0v) is 15.7. The molecule has 29 heavy (non-hydrogen) atoms. The summed E-state index contributed by atoms with van der Waals surface area (Å²) in [5.74, 6) is -2.14. The summed E-state index contributed by atoms with van der Waals surface area (Å²) in [5, 5.41) is 2.14. The molecule has 0 unspecified atom stereocenters. The number of anilines is 2. The number of halogens is 1. The molecule has 0 bridgehead atoms. The molecular weight excluding hydrogens is 373 g/mol. The zero-order chi connectivity index (χ0) is 20.4. The van der Waals surface area contributed by atoms with Crippen LogP contribution in [0.3, 0.4) is 0 Å². The molecule has 2 fully saturated rings. The Kier molecular flexibility index (Phi) is 5.12. The minimum Gasteiger partial charge on any atom is -0.372 e. The number of urea groups is 1. The van der Waals surface area contributed by atoms with E-state index < -0.39 is 23.7 Å². The number of barbiturate groups is 1. The van der Waals surface area contributed by atoms with Gasteiger partial charge in [-0.1, -0.05) is 18.2 Å². The van der Waals surface area contributed by atoms with Gasteiger partial charge in [0.25, 0.3) is 11.8 Å². The number of nitrogens with one attached hydrogen (secondary N) is 1. The first-order valence-electron chi connectivity index (χ1n) is 9.55. The monoisotopic (exact) mass is 393 g/mol. The van der Waals surface area contributed by atoms with E-state index in [1.54, 1.807) is 0 Å². The van der Waals surface area contributed by atoms with Gasteiger partial charge in [-0.2, -0.15) is 0 Å². The average molecular weight is 393 g/mol. The lowest BCUT2D eigenvalue weighted by Gasteiger charge is -2.29. The first-order chi connectivity index (χ1) is 14.0. The summed E-state index contributed by atoms with van der Waals surface area (Å²) < 4.78 is 13.5. The average Bonchev–Trinajstić information content (AvgIpc) is 2.72. The van der Waals surface area contributed by atoms with Crippen LogP contribution in [-0.4, -0.2) is 30.9 Å². The largest absolute Gasteiger partial charge is 0.372 e. The molecule has 0 saturated carbocycles. The van der Waals surface area contributed by atoms with Crippen LogP contribution in [0.5, 0.6) is 0 Å². The van der Waals surface area contributed by atoms with Crippen LogP contribution in [0.25, 0.3) is 6.08 Å². The first-order valence-corrected chi connectivity index (χ1v) is 9.55. The normalized spacial score (nSPS) is 18.9. The summed E-state index contributed by atoms with van der Waals surface area (Å²) in [5.41, 5.74) is 1.64. The highest BCUT2D eigenvalue weighted by Gasteiger charge is 2.36. The predicted octanol–water partition coefficient (Wildman–Crippen LogP) is 3.48. The Labute approximate surface area is 167 Å². The molecule has 2 saturated heterocycles. The Morgan fingerprint density at radius 3 is 2.31 bits per heavy atom. The minimum absolute atomic E-state index is 0.0614. The molecule has 1 N–H and O–H groups in total. The summed E-state index contributed by atoms with van der Waals surface area (Å²) in [4.78, 5) is 40.3. The Bertz CT molecular complexity index is 995. The van der Waals surface area contributed by atoms with E-state index >= 15 is 0 Å². The van der Waals surface area contributed by atoms with Crippen LogP contribution in [0, 0.1) is 5.82 Å². The minimum atomic E-state index is -0.900. The van der Waals surface area contributed by atoms with Crippen molar-refractivity contribution < 1.29 is 18.8 Å². The van der Waals surface area contributed by atoms with Gasteiger partial charge in [0.15, 0.2) is 0 Å². The third-order valence-corrected chi connectivity index (χ3v) is 5.09. The highest BCUT2D eigenvalue weighted by atomic mass is 19.1. The van der Waals surface area contributed by atoms with Crippen LogP contribution in [0.2, 0.25) is 0 Å². The highest BCUT2D eigenvalue weighted by Crippen LogP contribution is 2.24. The van der Waals surface area contributed by atoms with Gasteiger partial charge < -0.3 is 4.90 Å². The lowest BCUT2D eigenvalue weighted by Crippen LogP contribution is -2.54. The molecule has 0 atom stereocenters. The number of piperidine rings is 1. The molecule has 0 radical (unpaired) electrons. The summed E-state index contributed by atoms with van der Waals surface area (Å²) >= 11 is 0. The number of rotatable bonds is 3. The van der Waals surface area contributed by atoms with E-state index in [9.17, 15) is 18.8 Å². The number of carbonyl (C=O) groups excluding carboxylic acids is 3. The van der Waals surface area contributed by atoms with Gasteiger partial charge in [-0.15, -0.1) is 0 Å². The van der Waals surface area contributed by atoms with Gasteiger partial charge in [-0.05, 0) is 61.2 Å². The molecule has 2 aromatic carbocycles. The number of amides is 4. The number of imide groups is 2. The van der Waals surface area contributed by atoms with Crippen LogP contribution in [0.15, 0.2) is 54.1 Å². The number of benzene rings is 2. The zero-order valence-electron chi connectivity index (χ0n) is 15.7. The van der Waals surface area contributed by atoms with Crippen LogP contribution < -0.4 is 15.1 Å². The third kappa shape index (κ3) is 3.89. The van der Waals surface area contributed by atoms with E-state index in [1.807, 2.05) is 24.3 Å². The quantitative estimate of drug-likeness (QED) is 0.640. The second kappa shape index (κ2) is 7.87. The molecule has 7 heteroatoms. The number of nitrogens with zero attached hydrogens (tertiary/aromatic N) is 2. The molecule has 2 heterocycles. The van der Waals surface area contributed by atoms with E-state index in [-0.39, 0.29) is 11.3 Å². The number of hydrogen-bond acceptors (Lipinski definition) is 4. The molecule has 0 aromatic heterocycles.